The largest absolute Gasteiger partial charge is 0.465 e. The lowest BCUT2D eigenvalue weighted by atomic mass is 9.99. The minimum absolute atomic E-state index is 0.0260. The van der Waals surface area contributed by atoms with E-state index in [2.05, 4.69) is 10.5 Å². The molecule has 2 N–H and O–H groups in total. The van der Waals surface area contributed by atoms with Gasteiger partial charge in [0.2, 0.25) is 0 Å². The number of amides is 1. The molecule has 0 aliphatic heterocycles. The number of aliphatic hydroxyl groups excluding tert-OH is 1. The minimum Gasteiger partial charge on any atom is -0.465 e. The van der Waals surface area contributed by atoms with Crippen molar-refractivity contribution in [2.45, 2.75) is 38.1 Å². The van der Waals surface area contributed by atoms with E-state index >= 15 is 0 Å². The molecule has 0 atom stereocenters. The number of carbonyl (C=O) groups is 1. The van der Waals surface area contributed by atoms with Crippen molar-refractivity contribution < 1.29 is 19.2 Å². The maximum absolute atomic E-state index is 11.7. The Morgan fingerprint density at radius 3 is 2.89 bits per heavy atom. The number of hydrogen-bond acceptors (Lipinski definition) is 5. The summed E-state index contributed by atoms with van der Waals surface area (Å²) in [6.07, 6.45) is 3.70. The van der Waals surface area contributed by atoms with E-state index in [1.54, 1.807) is 13.0 Å². The molecule has 1 amide bonds. The van der Waals surface area contributed by atoms with Crippen LogP contribution in [0.1, 0.15) is 31.4 Å². The van der Waals surface area contributed by atoms with Crippen LogP contribution in [0.25, 0.3) is 0 Å². The maximum atomic E-state index is 11.7. The van der Waals surface area contributed by atoms with E-state index in [9.17, 15) is 9.90 Å². The number of aromatic nitrogens is 1. The normalized spacial score (nSPS) is 17.7. The number of aryl methyl sites for hydroxylation is 1. The SMILES string of the molecule is Cc1cc(OCC(=O)NC2(CO)CCCC2)no1. The molecule has 18 heavy (non-hydrogen) atoms. The van der Waals surface area contributed by atoms with Crippen LogP contribution in [0.15, 0.2) is 10.6 Å². The number of rotatable bonds is 5. The van der Waals surface area contributed by atoms with Crippen molar-refractivity contribution in [3.05, 3.63) is 11.8 Å². The number of nitrogens with one attached hydrogen (secondary N) is 1. The Morgan fingerprint density at radius 1 is 1.61 bits per heavy atom. The van der Waals surface area contributed by atoms with Crippen molar-refractivity contribution in [1.82, 2.24) is 10.5 Å². The molecule has 1 aliphatic carbocycles. The van der Waals surface area contributed by atoms with Gasteiger partial charge in [0, 0.05) is 6.07 Å². The molecule has 1 saturated carbocycles. The second-order valence-corrected chi connectivity index (χ2v) is 4.76. The molecule has 100 valence electrons. The fourth-order valence-electron chi connectivity index (χ4n) is 2.26. The topological polar surface area (TPSA) is 84.6 Å². The summed E-state index contributed by atoms with van der Waals surface area (Å²) in [5.41, 5.74) is -0.458. The molecule has 2 rings (SSSR count). The van der Waals surface area contributed by atoms with Gasteiger partial charge in [-0.25, -0.2) is 0 Å². The van der Waals surface area contributed by atoms with Gasteiger partial charge in [-0.05, 0) is 24.9 Å². The predicted molar refractivity (Wildman–Crippen MR) is 63.2 cm³/mol. The van der Waals surface area contributed by atoms with Gasteiger partial charge in [0.05, 0.1) is 12.1 Å². The van der Waals surface area contributed by atoms with Crippen molar-refractivity contribution >= 4 is 5.91 Å². The Morgan fingerprint density at radius 2 is 2.33 bits per heavy atom. The highest BCUT2D eigenvalue weighted by Gasteiger charge is 2.34. The molecule has 0 bridgehead atoms. The number of nitrogens with zero attached hydrogens (tertiary/aromatic N) is 1. The fraction of sp³-hybridized carbons (Fsp3) is 0.667. The van der Waals surface area contributed by atoms with E-state index in [1.807, 2.05) is 0 Å². The Bertz CT molecular complexity index is 410. The van der Waals surface area contributed by atoms with E-state index in [0.29, 0.717) is 11.6 Å². The third kappa shape index (κ3) is 3.01. The lowest BCUT2D eigenvalue weighted by Crippen LogP contribution is -2.50. The first-order chi connectivity index (χ1) is 8.63. The Balaban J connectivity index is 1.81. The highest BCUT2D eigenvalue weighted by Crippen LogP contribution is 2.28. The smallest absolute Gasteiger partial charge is 0.258 e. The summed E-state index contributed by atoms with van der Waals surface area (Å²) in [6.45, 7) is 1.61. The first-order valence-electron chi connectivity index (χ1n) is 6.12. The summed E-state index contributed by atoms with van der Waals surface area (Å²) in [5, 5.41) is 15.8. The monoisotopic (exact) mass is 254 g/mol. The molecule has 1 aliphatic rings. The first-order valence-corrected chi connectivity index (χ1v) is 6.12. The van der Waals surface area contributed by atoms with Gasteiger partial charge in [0.1, 0.15) is 5.76 Å². The lowest BCUT2D eigenvalue weighted by Gasteiger charge is -2.27. The number of hydrogen-bond donors (Lipinski definition) is 2. The molecule has 6 nitrogen and oxygen atoms in total. The van der Waals surface area contributed by atoms with Crippen LogP contribution in [0, 0.1) is 6.92 Å². The average molecular weight is 254 g/mol. The zero-order valence-corrected chi connectivity index (χ0v) is 10.4. The van der Waals surface area contributed by atoms with Gasteiger partial charge >= 0.3 is 0 Å². The van der Waals surface area contributed by atoms with Crippen molar-refractivity contribution in [3.63, 3.8) is 0 Å². The van der Waals surface area contributed by atoms with Crippen LogP contribution < -0.4 is 10.1 Å². The summed E-state index contributed by atoms with van der Waals surface area (Å²) >= 11 is 0. The molecule has 0 aromatic carbocycles. The van der Waals surface area contributed by atoms with E-state index in [-0.39, 0.29) is 19.1 Å². The highest BCUT2D eigenvalue weighted by atomic mass is 16.5. The van der Waals surface area contributed by atoms with Crippen LogP contribution >= 0.6 is 0 Å². The molecule has 1 fully saturated rings. The third-order valence-corrected chi connectivity index (χ3v) is 3.23. The van der Waals surface area contributed by atoms with E-state index in [0.717, 1.165) is 25.7 Å². The number of carbonyl (C=O) groups excluding carboxylic acids is 1. The highest BCUT2D eigenvalue weighted by molar-refractivity contribution is 5.78. The van der Waals surface area contributed by atoms with E-state index in [1.165, 1.54) is 0 Å². The molecule has 1 aromatic heterocycles. The Labute approximate surface area is 105 Å². The lowest BCUT2D eigenvalue weighted by molar-refractivity contribution is -0.125. The summed E-state index contributed by atoms with van der Waals surface area (Å²) in [5.74, 6) is 0.687. The van der Waals surface area contributed by atoms with Gasteiger partial charge in [0.25, 0.3) is 11.8 Å². The second kappa shape index (κ2) is 5.39. The van der Waals surface area contributed by atoms with Crippen LogP contribution in [0.3, 0.4) is 0 Å². The zero-order valence-electron chi connectivity index (χ0n) is 10.4. The van der Waals surface area contributed by atoms with Gasteiger partial charge < -0.3 is 19.7 Å². The maximum Gasteiger partial charge on any atom is 0.258 e. The van der Waals surface area contributed by atoms with Crippen LogP contribution in [0.4, 0.5) is 0 Å². The standard InChI is InChI=1S/C12H18N2O4/c1-9-6-11(14-18-9)17-7-10(16)13-12(8-15)4-2-3-5-12/h6,15H,2-5,7-8H2,1H3,(H,13,16). The third-order valence-electron chi connectivity index (χ3n) is 3.23. The van der Waals surface area contributed by atoms with Gasteiger partial charge in [-0.15, -0.1) is 0 Å². The molecule has 1 aromatic rings. The number of aliphatic hydroxyl groups is 1. The van der Waals surface area contributed by atoms with Crippen molar-refractivity contribution in [3.8, 4) is 5.88 Å². The zero-order chi connectivity index (χ0) is 13.0. The molecule has 0 saturated heterocycles. The molecule has 6 heteroatoms. The molecule has 0 spiro atoms. The van der Waals surface area contributed by atoms with E-state index in [4.69, 9.17) is 9.26 Å². The van der Waals surface area contributed by atoms with Crippen LogP contribution in [-0.2, 0) is 4.79 Å². The molecule has 1 heterocycles. The van der Waals surface area contributed by atoms with Gasteiger partial charge in [-0.3, -0.25) is 4.79 Å². The van der Waals surface area contributed by atoms with Crippen LogP contribution in [-0.4, -0.2) is 34.9 Å². The Kier molecular flexibility index (Phi) is 3.86. The summed E-state index contributed by atoms with van der Waals surface area (Å²) < 4.78 is 10.0. The molecule has 0 radical (unpaired) electrons. The molecule has 0 unspecified atom stereocenters. The first kappa shape index (κ1) is 12.9. The summed E-state index contributed by atoms with van der Waals surface area (Å²) in [6, 6.07) is 1.62. The van der Waals surface area contributed by atoms with Crippen LogP contribution in [0.5, 0.6) is 5.88 Å². The quantitative estimate of drug-likeness (QED) is 0.811. The van der Waals surface area contributed by atoms with Crippen molar-refractivity contribution in [1.29, 1.82) is 0 Å². The minimum atomic E-state index is -0.458. The number of ether oxygens (including phenoxy) is 1. The van der Waals surface area contributed by atoms with Crippen LogP contribution in [0.2, 0.25) is 0 Å². The second-order valence-electron chi connectivity index (χ2n) is 4.76. The Hall–Kier alpha value is -1.56. The van der Waals surface area contributed by atoms with E-state index < -0.39 is 5.54 Å². The summed E-state index contributed by atoms with van der Waals surface area (Å²) in [7, 11) is 0. The predicted octanol–water partition coefficient (Wildman–Crippen LogP) is 0.783. The molecular formula is C12H18N2O4. The summed E-state index contributed by atoms with van der Waals surface area (Å²) in [4.78, 5) is 11.7. The fourth-order valence-corrected chi connectivity index (χ4v) is 2.26. The average Bonchev–Trinajstić information content (AvgIpc) is 2.97. The molecular weight excluding hydrogens is 236 g/mol. The van der Waals surface area contributed by atoms with Gasteiger partial charge in [-0.1, -0.05) is 12.8 Å². The van der Waals surface area contributed by atoms with Gasteiger partial charge in [0.15, 0.2) is 6.61 Å². The van der Waals surface area contributed by atoms with Gasteiger partial charge in [-0.2, -0.15) is 0 Å². The van der Waals surface area contributed by atoms with Crippen molar-refractivity contribution in [2.75, 3.05) is 13.2 Å². The van der Waals surface area contributed by atoms with Crippen molar-refractivity contribution in [2.24, 2.45) is 0 Å².